The number of phenolic OH excluding ortho intramolecular Hbond substituents is 1. The van der Waals surface area contributed by atoms with Crippen molar-refractivity contribution in [3.8, 4) is 22.8 Å². The van der Waals surface area contributed by atoms with Gasteiger partial charge in [0.1, 0.15) is 5.75 Å². The fourth-order valence-electron chi connectivity index (χ4n) is 3.45. The number of hydrogen-bond acceptors (Lipinski definition) is 6. The molecule has 0 spiro atoms. The number of carbonyl (C=O) groups is 1. The smallest absolute Gasteiger partial charge is 0.250 e. The largest absolute Gasteiger partial charge is 0.507 e. The molecule has 0 unspecified atom stereocenters. The van der Waals surface area contributed by atoms with Crippen LogP contribution in [0.3, 0.4) is 0 Å². The number of carbonyl (C=O) groups excluding carboxylic acids is 1. The van der Waals surface area contributed by atoms with Crippen LogP contribution in [0, 0.1) is 6.92 Å². The Hall–Kier alpha value is -3.88. The maximum Gasteiger partial charge on any atom is 0.250 e. The number of nitrogens with one attached hydrogen (secondary N) is 1. The molecule has 0 radical (unpaired) electrons. The summed E-state index contributed by atoms with van der Waals surface area (Å²) in [6.07, 6.45) is 3.66. The monoisotopic (exact) mass is 517 g/mol. The second kappa shape index (κ2) is 11.7. The summed E-state index contributed by atoms with van der Waals surface area (Å²) >= 11 is 7.30. The van der Waals surface area contributed by atoms with Crippen molar-refractivity contribution < 1.29 is 9.90 Å². The summed E-state index contributed by atoms with van der Waals surface area (Å²) in [6.45, 7) is 5.71. The van der Waals surface area contributed by atoms with Crippen LogP contribution < -0.4 is 5.43 Å². The van der Waals surface area contributed by atoms with Crippen molar-refractivity contribution in [1.29, 1.82) is 0 Å². The van der Waals surface area contributed by atoms with E-state index in [0.717, 1.165) is 22.4 Å². The van der Waals surface area contributed by atoms with Crippen LogP contribution in [0.15, 0.2) is 89.6 Å². The van der Waals surface area contributed by atoms with Crippen molar-refractivity contribution >= 4 is 35.5 Å². The number of phenols is 1. The highest BCUT2D eigenvalue weighted by atomic mass is 35.5. The molecule has 0 aliphatic heterocycles. The molecule has 0 aliphatic rings. The Bertz CT molecular complexity index is 1400. The number of aryl methyl sites for hydroxylation is 1. The summed E-state index contributed by atoms with van der Waals surface area (Å²) in [5.41, 5.74) is 6.61. The summed E-state index contributed by atoms with van der Waals surface area (Å²) in [6, 6.07) is 20.7. The molecule has 0 bridgehead atoms. The van der Waals surface area contributed by atoms with Crippen LogP contribution in [0.5, 0.6) is 5.75 Å². The van der Waals surface area contributed by atoms with Gasteiger partial charge in [0.05, 0.1) is 12.0 Å². The Morgan fingerprint density at radius 2 is 1.89 bits per heavy atom. The lowest BCUT2D eigenvalue weighted by Gasteiger charge is -2.10. The number of thioether (sulfide) groups is 1. The van der Waals surface area contributed by atoms with Gasteiger partial charge in [-0.25, -0.2) is 5.43 Å². The van der Waals surface area contributed by atoms with Gasteiger partial charge in [-0.15, -0.1) is 16.8 Å². The van der Waals surface area contributed by atoms with Gasteiger partial charge in [0, 0.05) is 21.8 Å². The minimum atomic E-state index is -0.315. The van der Waals surface area contributed by atoms with Crippen LogP contribution >= 0.6 is 23.4 Å². The number of hydrazone groups is 1. The van der Waals surface area contributed by atoms with Crippen molar-refractivity contribution in [3.05, 3.63) is 101 Å². The lowest BCUT2D eigenvalue weighted by atomic mass is 10.1. The number of para-hydroxylation sites is 1. The fraction of sp³-hybridized carbons (Fsp3) is 0.111. The zero-order valence-electron chi connectivity index (χ0n) is 19.6. The second-order valence-electron chi connectivity index (χ2n) is 7.91. The number of benzene rings is 3. The van der Waals surface area contributed by atoms with Gasteiger partial charge in [-0.3, -0.25) is 9.36 Å². The van der Waals surface area contributed by atoms with Gasteiger partial charge >= 0.3 is 0 Å². The van der Waals surface area contributed by atoms with Crippen LogP contribution in [0.2, 0.25) is 5.02 Å². The van der Waals surface area contributed by atoms with Crippen molar-refractivity contribution in [1.82, 2.24) is 20.2 Å². The zero-order valence-corrected chi connectivity index (χ0v) is 21.1. The Kier molecular flexibility index (Phi) is 8.20. The molecule has 0 saturated carbocycles. The number of nitrogens with zero attached hydrogens (tertiary/aromatic N) is 4. The van der Waals surface area contributed by atoms with Gasteiger partial charge in [-0.1, -0.05) is 59.3 Å². The number of halogens is 1. The van der Waals surface area contributed by atoms with E-state index in [-0.39, 0.29) is 17.4 Å². The van der Waals surface area contributed by atoms with E-state index in [1.54, 1.807) is 24.3 Å². The first-order valence-corrected chi connectivity index (χ1v) is 12.5. The van der Waals surface area contributed by atoms with E-state index in [1.807, 2.05) is 60.0 Å². The molecular weight excluding hydrogens is 494 g/mol. The highest BCUT2D eigenvalue weighted by Crippen LogP contribution is 2.29. The van der Waals surface area contributed by atoms with Crippen LogP contribution in [0.1, 0.15) is 16.7 Å². The number of aromatic nitrogens is 3. The summed E-state index contributed by atoms with van der Waals surface area (Å²) in [5.74, 6) is 0.520. The number of amides is 1. The number of aromatic hydroxyl groups is 1. The molecule has 3 aromatic carbocycles. The third-order valence-corrected chi connectivity index (χ3v) is 6.45. The molecule has 182 valence electrons. The summed E-state index contributed by atoms with van der Waals surface area (Å²) in [5, 5.41) is 24.2. The third-order valence-electron chi connectivity index (χ3n) is 5.27. The van der Waals surface area contributed by atoms with Gasteiger partial charge in [-0.05, 0) is 61.4 Å². The molecule has 0 atom stereocenters. The minimum absolute atomic E-state index is 0.0738. The Morgan fingerprint density at radius 1 is 1.14 bits per heavy atom. The van der Waals surface area contributed by atoms with Gasteiger partial charge < -0.3 is 5.11 Å². The lowest BCUT2D eigenvalue weighted by Crippen LogP contribution is -2.20. The highest BCUT2D eigenvalue weighted by Gasteiger charge is 2.17. The van der Waals surface area contributed by atoms with Crippen LogP contribution in [-0.2, 0) is 11.2 Å². The fourth-order valence-corrected chi connectivity index (χ4v) is 4.32. The molecule has 9 heteroatoms. The number of allylic oxidation sites excluding steroid dienone is 1. The summed E-state index contributed by atoms with van der Waals surface area (Å²) < 4.78 is 1.91. The quantitative estimate of drug-likeness (QED) is 0.131. The van der Waals surface area contributed by atoms with Gasteiger partial charge in [0.2, 0.25) is 0 Å². The first-order chi connectivity index (χ1) is 17.5. The molecule has 2 N–H and O–H groups in total. The molecule has 1 aromatic heterocycles. The molecule has 4 aromatic rings. The third kappa shape index (κ3) is 6.02. The average Bonchev–Trinajstić information content (AvgIpc) is 3.30. The standard InChI is InChI=1S/C27H24ClN5O2S/c1-3-5-19-6-4-7-21(25(19)35)16-29-30-24(34)17-36-27-32-31-26(20-10-12-22(28)13-11-20)33(27)23-14-8-18(2)9-15-23/h3-4,6-16,35H,1,5,17H2,2H3,(H,30,34)/b29-16+. The van der Waals surface area contributed by atoms with E-state index >= 15 is 0 Å². The molecule has 4 rings (SSSR count). The Labute approximate surface area is 218 Å². The predicted octanol–water partition coefficient (Wildman–Crippen LogP) is 5.57. The van der Waals surface area contributed by atoms with Gasteiger partial charge in [0.25, 0.3) is 5.91 Å². The van der Waals surface area contributed by atoms with E-state index in [1.165, 1.54) is 18.0 Å². The van der Waals surface area contributed by atoms with E-state index in [0.29, 0.717) is 28.0 Å². The maximum absolute atomic E-state index is 12.5. The SMILES string of the molecule is C=CCc1cccc(/C=N/NC(=O)CSc2nnc(-c3ccc(Cl)cc3)n2-c2ccc(C)cc2)c1O. The topological polar surface area (TPSA) is 92.4 Å². The Balaban J connectivity index is 1.49. The van der Waals surface area contributed by atoms with Crippen molar-refractivity contribution in [3.63, 3.8) is 0 Å². The molecule has 36 heavy (non-hydrogen) atoms. The molecule has 1 amide bonds. The Morgan fingerprint density at radius 3 is 2.61 bits per heavy atom. The predicted molar refractivity (Wildman–Crippen MR) is 145 cm³/mol. The normalized spacial score (nSPS) is 11.1. The number of rotatable bonds is 9. The first kappa shape index (κ1) is 25.2. The van der Waals surface area contributed by atoms with Crippen molar-refractivity contribution in [2.45, 2.75) is 18.5 Å². The minimum Gasteiger partial charge on any atom is -0.507 e. The van der Waals surface area contributed by atoms with Gasteiger partial charge in [-0.2, -0.15) is 5.10 Å². The lowest BCUT2D eigenvalue weighted by molar-refractivity contribution is -0.118. The summed E-state index contributed by atoms with van der Waals surface area (Å²) in [4.78, 5) is 12.5. The second-order valence-corrected chi connectivity index (χ2v) is 9.29. The molecular formula is C27H24ClN5O2S. The van der Waals surface area contributed by atoms with Crippen molar-refractivity contribution in [2.24, 2.45) is 5.10 Å². The molecule has 0 aliphatic carbocycles. The van der Waals surface area contributed by atoms with E-state index < -0.39 is 0 Å². The average molecular weight is 518 g/mol. The number of hydrogen-bond donors (Lipinski definition) is 2. The maximum atomic E-state index is 12.5. The van der Waals surface area contributed by atoms with Gasteiger partial charge in [0.15, 0.2) is 11.0 Å². The highest BCUT2D eigenvalue weighted by molar-refractivity contribution is 7.99. The zero-order chi connectivity index (χ0) is 25.5. The molecule has 0 saturated heterocycles. The van der Waals surface area contributed by atoms with Crippen LogP contribution in [0.4, 0.5) is 0 Å². The molecule has 1 heterocycles. The first-order valence-electron chi connectivity index (χ1n) is 11.1. The van der Waals surface area contributed by atoms with E-state index in [4.69, 9.17) is 11.6 Å². The van der Waals surface area contributed by atoms with E-state index in [9.17, 15) is 9.90 Å². The van der Waals surface area contributed by atoms with Crippen molar-refractivity contribution in [2.75, 3.05) is 5.75 Å². The molecule has 0 fully saturated rings. The summed E-state index contributed by atoms with van der Waals surface area (Å²) in [7, 11) is 0. The van der Waals surface area contributed by atoms with E-state index in [2.05, 4.69) is 27.3 Å². The van der Waals surface area contributed by atoms with Crippen LogP contribution in [0.25, 0.3) is 17.1 Å². The molecule has 7 nitrogen and oxygen atoms in total. The van der Waals surface area contributed by atoms with Crippen LogP contribution in [-0.4, -0.2) is 37.7 Å².